The van der Waals surface area contributed by atoms with Gasteiger partial charge in [0.2, 0.25) is 0 Å². The highest BCUT2D eigenvalue weighted by Gasteiger charge is 2.09. The molecule has 0 spiro atoms. The predicted molar refractivity (Wildman–Crippen MR) is 69.9 cm³/mol. The number of anilines is 2. The highest BCUT2D eigenvalue weighted by Crippen LogP contribution is 2.19. The molecule has 0 saturated carbocycles. The van der Waals surface area contributed by atoms with Crippen LogP contribution in [0.15, 0.2) is 42.5 Å². The van der Waals surface area contributed by atoms with Gasteiger partial charge in [0.25, 0.3) is 5.91 Å². The molecular weight excluding hydrogens is 245 g/mol. The van der Waals surface area contributed by atoms with E-state index in [1.54, 1.807) is 6.07 Å². The van der Waals surface area contributed by atoms with Crippen LogP contribution >= 0.6 is 0 Å². The van der Waals surface area contributed by atoms with Gasteiger partial charge in [0, 0.05) is 11.3 Å². The van der Waals surface area contributed by atoms with E-state index in [4.69, 9.17) is 11.0 Å². The zero-order valence-electron chi connectivity index (χ0n) is 9.85. The van der Waals surface area contributed by atoms with Crippen molar-refractivity contribution >= 4 is 17.3 Å². The topological polar surface area (TPSA) is 78.9 Å². The molecule has 0 aliphatic rings. The number of nitriles is 1. The first kappa shape index (κ1) is 12.6. The third kappa shape index (κ3) is 2.87. The van der Waals surface area contributed by atoms with Gasteiger partial charge in [0.15, 0.2) is 0 Å². The van der Waals surface area contributed by atoms with E-state index >= 15 is 0 Å². The molecule has 0 unspecified atom stereocenters. The third-order valence-electron chi connectivity index (χ3n) is 2.52. The minimum absolute atomic E-state index is 0.299. The van der Waals surface area contributed by atoms with Gasteiger partial charge >= 0.3 is 0 Å². The van der Waals surface area contributed by atoms with Gasteiger partial charge in [-0.2, -0.15) is 5.26 Å². The fourth-order valence-corrected chi connectivity index (χ4v) is 1.56. The fraction of sp³-hybridized carbons (Fsp3) is 0. The highest BCUT2D eigenvalue weighted by molar-refractivity contribution is 6.05. The van der Waals surface area contributed by atoms with Crippen LogP contribution in [0.4, 0.5) is 15.8 Å². The lowest BCUT2D eigenvalue weighted by atomic mass is 10.1. The molecule has 0 aliphatic carbocycles. The molecule has 3 N–H and O–H groups in total. The Labute approximate surface area is 109 Å². The van der Waals surface area contributed by atoms with Gasteiger partial charge < -0.3 is 11.1 Å². The molecule has 1 amide bonds. The normalized spacial score (nSPS) is 9.68. The summed E-state index contributed by atoms with van der Waals surface area (Å²) in [6, 6.07) is 11.7. The average molecular weight is 255 g/mol. The summed E-state index contributed by atoms with van der Waals surface area (Å²) < 4.78 is 12.8. The SMILES string of the molecule is N#Cc1ccc(N)cc1NC(=O)c1ccc(F)cc1. The minimum Gasteiger partial charge on any atom is -0.399 e. The standard InChI is InChI=1S/C14H10FN3O/c15-11-4-1-9(2-5-11)14(19)18-13-7-12(17)6-3-10(13)8-16/h1-7H,17H2,(H,18,19). The van der Waals surface area contributed by atoms with Crippen LogP contribution in [0.25, 0.3) is 0 Å². The number of halogens is 1. The summed E-state index contributed by atoms with van der Waals surface area (Å²) >= 11 is 0. The molecular formula is C14H10FN3O. The van der Waals surface area contributed by atoms with Crippen molar-refractivity contribution in [3.05, 3.63) is 59.4 Å². The summed E-state index contributed by atoms with van der Waals surface area (Å²) in [6.07, 6.45) is 0. The van der Waals surface area contributed by atoms with Gasteiger partial charge in [0.05, 0.1) is 11.3 Å². The zero-order chi connectivity index (χ0) is 13.8. The van der Waals surface area contributed by atoms with Gasteiger partial charge in [-0.3, -0.25) is 4.79 Å². The number of carbonyl (C=O) groups is 1. The molecule has 2 rings (SSSR count). The molecule has 94 valence electrons. The Hall–Kier alpha value is -2.87. The summed E-state index contributed by atoms with van der Waals surface area (Å²) in [6.45, 7) is 0. The molecule has 0 fully saturated rings. The molecule has 0 heterocycles. The minimum atomic E-state index is -0.429. The first-order chi connectivity index (χ1) is 9.10. The maximum Gasteiger partial charge on any atom is 0.255 e. The molecule has 0 aliphatic heterocycles. The van der Waals surface area contributed by atoms with Crippen molar-refractivity contribution in [2.24, 2.45) is 0 Å². The van der Waals surface area contributed by atoms with E-state index in [0.29, 0.717) is 22.5 Å². The smallest absolute Gasteiger partial charge is 0.255 e. The van der Waals surface area contributed by atoms with Crippen molar-refractivity contribution in [1.82, 2.24) is 0 Å². The number of hydrogen-bond acceptors (Lipinski definition) is 3. The number of amides is 1. The maximum atomic E-state index is 12.8. The van der Waals surface area contributed by atoms with Crippen molar-refractivity contribution in [3.63, 3.8) is 0 Å². The first-order valence-corrected chi connectivity index (χ1v) is 5.46. The van der Waals surface area contributed by atoms with Crippen LogP contribution in [0.1, 0.15) is 15.9 Å². The summed E-state index contributed by atoms with van der Waals surface area (Å²) in [5.74, 6) is -0.847. The van der Waals surface area contributed by atoms with E-state index in [-0.39, 0.29) is 0 Å². The van der Waals surface area contributed by atoms with E-state index in [2.05, 4.69) is 5.32 Å². The molecule has 0 atom stereocenters. The van der Waals surface area contributed by atoms with Crippen LogP contribution in [-0.2, 0) is 0 Å². The van der Waals surface area contributed by atoms with Gasteiger partial charge in [0.1, 0.15) is 11.9 Å². The Bertz CT molecular complexity index is 659. The second-order valence-electron chi connectivity index (χ2n) is 3.88. The second-order valence-corrected chi connectivity index (χ2v) is 3.88. The zero-order valence-corrected chi connectivity index (χ0v) is 9.85. The summed E-state index contributed by atoms with van der Waals surface area (Å²) in [5.41, 5.74) is 6.98. The number of hydrogen-bond donors (Lipinski definition) is 2. The number of benzene rings is 2. The van der Waals surface area contributed by atoms with E-state index < -0.39 is 11.7 Å². The molecule has 4 nitrogen and oxygen atoms in total. The first-order valence-electron chi connectivity index (χ1n) is 5.46. The number of carbonyl (C=O) groups excluding carboxylic acids is 1. The Morgan fingerprint density at radius 1 is 1.21 bits per heavy atom. The number of nitrogen functional groups attached to an aromatic ring is 1. The molecule has 0 bridgehead atoms. The van der Waals surface area contributed by atoms with Crippen molar-refractivity contribution in [2.75, 3.05) is 11.1 Å². The largest absolute Gasteiger partial charge is 0.399 e. The van der Waals surface area contributed by atoms with Crippen LogP contribution in [0.2, 0.25) is 0 Å². The molecule has 5 heteroatoms. The molecule has 0 aromatic heterocycles. The van der Waals surface area contributed by atoms with Crippen LogP contribution in [0.3, 0.4) is 0 Å². The van der Waals surface area contributed by atoms with Gasteiger partial charge in [-0.1, -0.05) is 0 Å². The van der Waals surface area contributed by atoms with Crippen LogP contribution in [-0.4, -0.2) is 5.91 Å². The molecule has 0 radical (unpaired) electrons. The summed E-state index contributed by atoms with van der Waals surface area (Å²) in [7, 11) is 0. The monoisotopic (exact) mass is 255 g/mol. The Balaban J connectivity index is 2.26. The van der Waals surface area contributed by atoms with E-state index in [9.17, 15) is 9.18 Å². The third-order valence-corrected chi connectivity index (χ3v) is 2.52. The van der Waals surface area contributed by atoms with Gasteiger partial charge in [-0.05, 0) is 42.5 Å². The second kappa shape index (κ2) is 5.19. The van der Waals surface area contributed by atoms with Crippen molar-refractivity contribution < 1.29 is 9.18 Å². The maximum absolute atomic E-state index is 12.8. The van der Waals surface area contributed by atoms with E-state index in [0.717, 1.165) is 0 Å². The van der Waals surface area contributed by atoms with Crippen molar-refractivity contribution in [1.29, 1.82) is 5.26 Å². The van der Waals surface area contributed by atoms with Crippen molar-refractivity contribution in [2.45, 2.75) is 0 Å². The molecule has 2 aromatic rings. The number of rotatable bonds is 2. The lowest BCUT2D eigenvalue weighted by molar-refractivity contribution is 0.102. The Kier molecular flexibility index (Phi) is 3.44. The van der Waals surface area contributed by atoms with Gasteiger partial charge in [-0.25, -0.2) is 4.39 Å². The quantitative estimate of drug-likeness (QED) is 0.809. The van der Waals surface area contributed by atoms with Crippen molar-refractivity contribution in [3.8, 4) is 6.07 Å². The van der Waals surface area contributed by atoms with Crippen LogP contribution in [0.5, 0.6) is 0 Å². The predicted octanol–water partition coefficient (Wildman–Crippen LogP) is 2.53. The Morgan fingerprint density at radius 3 is 2.53 bits per heavy atom. The van der Waals surface area contributed by atoms with Crippen LogP contribution < -0.4 is 11.1 Å². The average Bonchev–Trinajstić information content (AvgIpc) is 2.39. The summed E-state index contributed by atoms with van der Waals surface area (Å²) in [5, 5.41) is 11.5. The molecule has 0 saturated heterocycles. The number of nitrogens with two attached hydrogens (primary N) is 1. The van der Waals surface area contributed by atoms with E-state index in [1.165, 1.54) is 36.4 Å². The highest BCUT2D eigenvalue weighted by atomic mass is 19.1. The molecule has 2 aromatic carbocycles. The van der Waals surface area contributed by atoms with E-state index in [1.807, 2.05) is 6.07 Å². The molecule has 19 heavy (non-hydrogen) atoms. The lowest BCUT2D eigenvalue weighted by Gasteiger charge is -2.07. The number of nitrogens with zero attached hydrogens (tertiary/aromatic N) is 1. The Morgan fingerprint density at radius 2 is 1.89 bits per heavy atom. The fourth-order valence-electron chi connectivity index (χ4n) is 1.56. The number of nitrogens with one attached hydrogen (secondary N) is 1. The van der Waals surface area contributed by atoms with Gasteiger partial charge in [-0.15, -0.1) is 0 Å². The van der Waals surface area contributed by atoms with Crippen LogP contribution in [0, 0.1) is 17.1 Å². The lowest BCUT2D eigenvalue weighted by Crippen LogP contribution is -2.13. The summed E-state index contributed by atoms with van der Waals surface area (Å²) in [4.78, 5) is 11.9.